The first-order valence-corrected chi connectivity index (χ1v) is 10.2. The quantitative estimate of drug-likeness (QED) is 0.447. The van der Waals surface area contributed by atoms with E-state index in [-0.39, 0.29) is 0 Å². The molecule has 2 heterocycles. The van der Waals surface area contributed by atoms with Crippen LogP contribution in [0.2, 0.25) is 0 Å². The first-order valence-electron chi connectivity index (χ1n) is 10.2. The van der Waals surface area contributed by atoms with E-state index in [1.54, 1.807) is 0 Å². The summed E-state index contributed by atoms with van der Waals surface area (Å²) in [5.74, 6) is 0. The molecule has 2 aromatic carbocycles. The van der Waals surface area contributed by atoms with Crippen LogP contribution >= 0.6 is 0 Å². The lowest BCUT2D eigenvalue weighted by molar-refractivity contribution is 0.394. The van der Waals surface area contributed by atoms with Crippen LogP contribution in [0.5, 0.6) is 0 Å². The van der Waals surface area contributed by atoms with E-state index in [2.05, 4.69) is 102 Å². The van der Waals surface area contributed by atoms with Crippen LogP contribution in [-0.2, 0) is 6.54 Å². The molecule has 0 aliphatic rings. The Hall–Kier alpha value is -2.95. The van der Waals surface area contributed by atoms with Crippen molar-refractivity contribution < 1.29 is 0 Å². The highest BCUT2D eigenvalue weighted by atomic mass is 15.1. The highest BCUT2D eigenvalue weighted by Crippen LogP contribution is 2.23. The van der Waals surface area contributed by atoms with Crippen LogP contribution in [-0.4, -0.2) is 41.5 Å². The van der Waals surface area contributed by atoms with Crippen LogP contribution in [0.15, 0.2) is 66.7 Å². The normalized spacial score (nSPS) is 12.0. The van der Waals surface area contributed by atoms with Gasteiger partial charge in [0.05, 0.1) is 22.2 Å². The highest BCUT2D eigenvalue weighted by molar-refractivity contribution is 5.85. The number of nitrogens with one attached hydrogen (secondary N) is 1. The molecule has 4 heteroatoms. The Kier molecular flexibility index (Phi) is 6.03. The standard InChI is InChI=1S/C25H28N4/c1-28(2)18-8-17-26-19-21-14-16-25-23(15-13-20-9-4-3-5-10-20)27-22-11-6-7-12-24(22)29(21)25/h3-7,9-16,26H,8,17-19H2,1-2H3/b15-13+. The fourth-order valence-electron chi connectivity index (χ4n) is 3.63. The molecule has 0 unspecified atom stereocenters. The maximum absolute atomic E-state index is 4.93. The minimum atomic E-state index is 0.845. The van der Waals surface area contributed by atoms with Gasteiger partial charge in [0.2, 0.25) is 0 Å². The number of rotatable bonds is 8. The van der Waals surface area contributed by atoms with E-state index in [4.69, 9.17) is 4.98 Å². The molecular formula is C25H28N4. The second-order valence-electron chi connectivity index (χ2n) is 7.61. The van der Waals surface area contributed by atoms with Crippen LogP contribution in [0, 0.1) is 0 Å². The predicted molar refractivity (Wildman–Crippen MR) is 123 cm³/mol. The topological polar surface area (TPSA) is 32.6 Å². The van der Waals surface area contributed by atoms with Gasteiger partial charge in [0.15, 0.2) is 0 Å². The lowest BCUT2D eigenvalue weighted by atomic mass is 10.2. The summed E-state index contributed by atoms with van der Waals surface area (Å²) in [7, 11) is 4.23. The molecular weight excluding hydrogens is 356 g/mol. The van der Waals surface area contributed by atoms with E-state index in [0.717, 1.165) is 48.3 Å². The van der Waals surface area contributed by atoms with Gasteiger partial charge in [-0.05, 0) is 69.5 Å². The summed E-state index contributed by atoms with van der Waals surface area (Å²) in [5, 5.41) is 3.59. The van der Waals surface area contributed by atoms with Crippen LogP contribution in [0.1, 0.15) is 23.4 Å². The van der Waals surface area contributed by atoms with E-state index in [1.165, 1.54) is 11.3 Å². The van der Waals surface area contributed by atoms with Gasteiger partial charge in [-0.1, -0.05) is 48.5 Å². The molecule has 148 valence electrons. The predicted octanol–water partition coefficient (Wildman–Crippen LogP) is 4.70. The van der Waals surface area contributed by atoms with Crippen LogP contribution < -0.4 is 5.32 Å². The Labute approximate surface area is 172 Å². The number of nitrogens with zero attached hydrogens (tertiary/aromatic N) is 3. The monoisotopic (exact) mass is 384 g/mol. The average molecular weight is 385 g/mol. The van der Waals surface area contributed by atoms with Crippen molar-refractivity contribution in [3.63, 3.8) is 0 Å². The van der Waals surface area contributed by atoms with Crippen molar-refractivity contribution in [2.45, 2.75) is 13.0 Å². The van der Waals surface area contributed by atoms with Gasteiger partial charge in [-0.15, -0.1) is 0 Å². The van der Waals surface area contributed by atoms with Crippen LogP contribution in [0.25, 0.3) is 28.7 Å². The van der Waals surface area contributed by atoms with Gasteiger partial charge >= 0.3 is 0 Å². The Morgan fingerprint density at radius 1 is 0.897 bits per heavy atom. The molecule has 0 aliphatic carbocycles. The number of hydrogen-bond acceptors (Lipinski definition) is 3. The fourth-order valence-corrected chi connectivity index (χ4v) is 3.63. The molecule has 0 aliphatic heterocycles. The summed E-state index contributed by atoms with van der Waals surface area (Å²) in [6.07, 6.45) is 5.39. The van der Waals surface area contributed by atoms with Crippen molar-refractivity contribution in [2.75, 3.05) is 27.2 Å². The molecule has 0 amide bonds. The summed E-state index contributed by atoms with van der Waals surface area (Å²) < 4.78 is 2.34. The molecule has 0 saturated heterocycles. The molecule has 0 spiro atoms. The van der Waals surface area contributed by atoms with Gasteiger partial charge in [-0.3, -0.25) is 0 Å². The Balaban J connectivity index is 1.66. The van der Waals surface area contributed by atoms with Crippen molar-refractivity contribution in [2.24, 2.45) is 0 Å². The van der Waals surface area contributed by atoms with Crippen LogP contribution in [0.3, 0.4) is 0 Å². The van der Waals surface area contributed by atoms with E-state index in [9.17, 15) is 0 Å². The van der Waals surface area contributed by atoms with Gasteiger partial charge in [-0.25, -0.2) is 4.98 Å². The summed E-state index contributed by atoms with van der Waals surface area (Å²) in [4.78, 5) is 7.15. The highest BCUT2D eigenvalue weighted by Gasteiger charge is 2.10. The Morgan fingerprint density at radius 3 is 2.52 bits per heavy atom. The maximum atomic E-state index is 4.93. The van der Waals surface area contributed by atoms with E-state index in [1.807, 2.05) is 6.07 Å². The first-order chi connectivity index (χ1) is 14.2. The molecule has 29 heavy (non-hydrogen) atoms. The molecule has 0 fully saturated rings. The van der Waals surface area contributed by atoms with Crippen molar-refractivity contribution in [1.82, 2.24) is 19.6 Å². The van der Waals surface area contributed by atoms with Gasteiger partial charge < -0.3 is 14.6 Å². The summed E-state index contributed by atoms with van der Waals surface area (Å²) >= 11 is 0. The lowest BCUT2D eigenvalue weighted by Crippen LogP contribution is -2.21. The van der Waals surface area contributed by atoms with Crippen molar-refractivity contribution in [3.8, 4) is 0 Å². The zero-order valence-corrected chi connectivity index (χ0v) is 17.2. The summed E-state index contributed by atoms with van der Waals surface area (Å²) in [6.45, 7) is 2.95. The molecule has 4 rings (SSSR count). The summed E-state index contributed by atoms with van der Waals surface area (Å²) in [6, 6.07) is 23.1. The number of fused-ring (bicyclic) bond motifs is 3. The van der Waals surface area contributed by atoms with E-state index in [0.29, 0.717) is 0 Å². The largest absolute Gasteiger partial charge is 0.311 e. The molecule has 2 aromatic heterocycles. The second-order valence-corrected chi connectivity index (χ2v) is 7.61. The molecule has 0 saturated carbocycles. The summed E-state index contributed by atoms with van der Waals surface area (Å²) in [5.41, 5.74) is 6.73. The van der Waals surface area contributed by atoms with Crippen molar-refractivity contribution in [3.05, 3.63) is 83.7 Å². The number of para-hydroxylation sites is 2. The Morgan fingerprint density at radius 2 is 1.69 bits per heavy atom. The van der Waals surface area contributed by atoms with E-state index < -0.39 is 0 Å². The lowest BCUT2D eigenvalue weighted by Gasteiger charge is -2.12. The first kappa shape index (κ1) is 19.4. The molecule has 0 bridgehead atoms. The minimum Gasteiger partial charge on any atom is -0.311 e. The van der Waals surface area contributed by atoms with E-state index >= 15 is 0 Å². The smallest absolute Gasteiger partial charge is 0.0878 e. The average Bonchev–Trinajstić information content (AvgIpc) is 3.17. The zero-order chi connectivity index (χ0) is 20.1. The van der Waals surface area contributed by atoms with Crippen LogP contribution in [0.4, 0.5) is 0 Å². The number of aromatic nitrogens is 2. The Bertz CT molecular complexity index is 1110. The number of hydrogen-bond donors (Lipinski definition) is 1. The number of benzene rings is 2. The zero-order valence-electron chi connectivity index (χ0n) is 17.2. The van der Waals surface area contributed by atoms with Gasteiger partial charge in [-0.2, -0.15) is 0 Å². The molecule has 1 N–H and O–H groups in total. The minimum absolute atomic E-state index is 0.845. The fraction of sp³-hybridized carbons (Fsp3) is 0.240. The second kappa shape index (κ2) is 9.03. The SMILES string of the molecule is CN(C)CCCNCc1ccc2c(/C=C/c3ccccc3)nc3ccccc3n12. The van der Waals surface area contributed by atoms with Gasteiger partial charge in [0, 0.05) is 12.2 Å². The van der Waals surface area contributed by atoms with Gasteiger partial charge in [0.1, 0.15) is 0 Å². The molecule has 0 atom stereocenters. The third kappa shape index (κ3) is 4.56. The molecule has 4 nitrogen and oxygen atoms in total. The van der Waals surface area contributed by atoms with Crippen molar-refractivity contribution >= 4 is 28.7 Å². The molecule has 4 aromatic rings. The van der Waals surface area contributed by atoms with Gasteiger partial charge in [0.25, 0.3) is 0 Å². The molecule has 0 radical (unpaired) electrons. The van der Waals surface area contributed by atoms with Crippen molar-refractivity contribution in [1.29, 1.82) is 0 Å². The third-order valence-corrected chi connectivity index (χ3v) is 5.09. The maximum Gasteiger partial charge on any atom is 0.0878 e. The third-order valence-electron chi connectivity index (χ3n) is 5.09.